The monoisotopic (exact) mass is 351 g/mol. The number of aromatic carboxylic acids is 1. The number of rotatable bonds is 4. The van der Waals surface area contributed by atoms with E-state index in [-0.39, 0.29) is 11.3 Å². The van der Waals surface area contributed by atoms with Gasteiger partial charge >= 0.3 is 5.97 Å². The second-order valence-electron chi connectivity index (χ2n) is 6.24. The molecule has 0 fully saturated rings. The van der Waals surface area contributed by atoms with Gasteiger partial charge in [0.05, 0.1) is 17.8 Å². The fourth-order valence-electron chi connectivity index (χ4n) is 3.15. The normalized spacial score (nSPS) is 14.2. The van der Waals surface area contributed by atoms with Crippen molar-refractivity contribution in [1.82, 2.24) is 14.9 Å². The van der Waals surface area contributed by atoms with Crippen LogP contribution in [-0.4, -0.2) is 32.5 Å². The molecule has 0 spiro atoms. The van der Waals surface area contributed by atoms with Gasteiger partial charge < -0.3 is 14.5 Å². The molecule has 1 aromatic carbocycles. The van der Waals surface area contributed by atoms with Crippen molar-refractivity contribution in [3.63, 3.8) is 0 Å². The zero-order valence-corrected chi connectivity index (χ0v) is 13.9. The Bertz CT molecular complexity index is 1010. The molecule has 7 nitrogen and oxygen atoms in total. The number of H-pyrrole nitrogens is 1. The molecule has 26 heavy (non-hydrogen) atoms. The predicted octanol–water partition coefficient (Wildman–Crippen LogP) is 2.29. The van der Waals surface area contributed by atoms with Crippen LogP contribution in [0.15, 0.2) is 51.7 Å². The van der Waals surface area contributed by atoms with Gasteiger partial charge in [-0.3, -0.25) is 9.69 Å². The number of carbonyl (C=O) groups is 1. The Balaban J connectivity index is 1.55. The molecule has 1 aliphatic rings. The molecule has 0 aliphatic carbocycles. The summed E-state index contributed by atoms with van der Waals surface area (Å²) in [7, 11) is 0. The lowest BCUT2D eigenvalue weighted by Gasteiger charge is -2.26. The van der Waals surface area contributed by atoms with E-state index < -0.39 is 5.97 Å². The summed E-state index contributed by atoms with van der Waals surface area (Å²) in [6.07, 6.45) is 0.658. The predicted molar refractivity (Wildman–Crippen MR) is 93.8 cm³/mol. The number of aromatic amines is 1. The molecule has 0 saturated heterocycles. The summed E-state index contributed by atoms with van der Waals surface area (Å²) in [5.41, 5.74) is 2.21. The van der Waals surface area contributed by atoms with Gasteiger partial charge in [-0.05, 0) is 12.1 Å². The number of aromatic nitrogens is 2. The van der Waals surface area contributed by atoms with Crippen molar-refractivity contribution in [2.45, 2.75) is 19.5 Å². The molecular weight excluding hydrogens is 334 g/mol. The molecule has 0 bridgehead atoms. The topological polar surface area (TPSA) is 99.4 Å². The first-order chi connectivity index (χ1) is 12.6. The van der Waals surface area contributed by atoms with Crippen LogP contribution in [0.1, 0.15) is 27.6 Å². The van der Waals surface area contributed by atoms with Crippen molar-refractivity contribution in [2.75, 3.05) is 6.54 Å². The van der Waals surface area contributed by atoms with E-state index in [1.165, 1.54) is 6.07 Å². The molecule has 0 radical (unpaired) electrons. The van der Waals surface area contributed by atoms with Gasteiger partial charge in [-0.15, -0.1) is 0 Å². The molecule has 4 rings (SSSR count). The van der Waals surface area contributed by atoms with E-state index in [1.54, 1.807) is 6.07 Å². The molecule has 0 amide bonds. The number of hydrogen-bond acceptors (Lipinski definition) is 5. The number of carboxylic acid groups (broad SMARTS) is 1. The lowest BCUT2D eigenvalue weighted by atomic mass is 10.1. The lowest BCUT2D eigenvalue weighted by Crippen LogP contribution is -2.35. The van der Waals surface area contributed by atoms with Gasteiger partial charge in [0.25, 0.3) is 5.56 Å². The average molecular weight is 351 g/mol. The van der Waals surface area contributed by atoms with Gasteiger partial charge in [0.1, 0.15) is 11.6 Å². The first-order valence-corrected chi connectivity index (χ1v) is 8.32. The molecule has 0 atom stereocenters. The molecule has 1 aliphatic heterocycles. The van der Waals surface area contributed by atoms with E-state index in [0.29, 0.717) is 36.7 Å². The van der Waals surface area contributed by atoms with Crippen LogP contribution in [0.25, 0.3) is 11.4 Å². The van der Waals surface area contributed by atoms with Crippen molar-refractivity contribution < 1.29 is 14.3 Å². The summed E-state index contributed by atoms with van der Waals surface area (Å²) in [5, 5.41) is 8.93. The second kappa shape index (κ2) is 6.61. The summed E-state index contributed by atoms with van der Waals surface area (Å²) < 4.78 is 5.30. The Morgan fingerprint density at radius 3 is 2.77 bits per heavy atom. The number of benzene rings is 1. The number of hydrogen-bond donors (Lipinski definition) is 2. The highest BCUT2D eigenvalue weighted by Crippen LogP contribution is 2.20. The van der Waals surface area contributed by atoms with Crippen LogP contribution in [0.5, 0.6) is 0 Å². The minimum Gasteiger partial charge on any atom is -0.475 e. The minimum absolute atomic E-state index is 0.0792. The van der Waals surface area contributed by atoms with Crippen molar-refractivity contribution in [1.29, 1.82) is 0 Å². The SMILES string of the molecule is O=C(O)c1ccc(CN2CCc3nc(-c4ccccc4)[nH]c(=O)c3C2)o1. The van der Waals surface area contributed by atoms with Crippen molar-refractivity contribution >= 4 is 5.97 Å². The average Bonchev–Trinajstić information content (AvgIpc) is 3.12. The Kier molecular flexibility index (Phi) is 4.14. The fraction of sp³-hybridized carbons (Fsp3) is 0.211. The zero-order chi connectivity index (χ0) is 18.1. The van der Waals surface area contributed by atoms with Crippen molar-refractivity contribution in [2.24, 2.45) is 0 Å². The third-order valence-electron chi connectivity index (χ3n) is 4.45. The number of furan rings is 1. The van der Waals surface area contributed by atoms with Crippen molar-refractivity contribution in [3.05, 3.63) is 75.6 Å². The first-order valence-electron chi connectivity index (χ1n) is 8.32. The standard InChI is InChI=1S/C19H17N3O4/c23-18-14-11-22(10-13-6-7-16(26-13)19(24)25)9-8-15(14)20-17(21-18)12-4-2-1-3-5-12/h1-7H,8-11H2,(H,24,25)(H,20,21,23). The second-order valence-corrected chi connectivity index (χ2v) is 6.24. The Morgan fingerprint density at radius 2 is 2.04 bits per heavy atom. The summed E-state index contributed by atoms with van der Waals surface area (Å²) in [5.74, 6) is -0.0187. The maximum atomic E-state index is 12.5. The number of fused-ring (bicyclic) bond motifs is 1. The maximum Gasteiger partial charge on any atom is 0.371 e. The highest BCUT2D eigenvalue weighted by molar-refractivity contribution is 5.84. The van der Waals surface area contributed by atoms with E-state index in [1.807, 2.05) is 35.2 Å². The van der Waals surface area contributed by atoms with Crippen LogP contribution >= 0.6 is 0 Å². The Morgan fingerprint density at radius 1 is 1.23 bits per heavy atom. The highest BCUT2D eigenvalue weighted by Gasteiger charge is 2.22. The largest absolute Gasteiger partial charge is 0.475 e. The molecule has 0 saturated carbocycles. The van der Waals surface area contributed by atoms with Crippen LogP contribution in [-0.2, 0) is 19.5 Å². The number of nitrogens with one attached hydrogen (secondary N) is 1. The third-order valence-corrected chi connectivity index (χ3v) is 4.45. The highest BCUT2D eigenvalue weighted by atomic mass is 16.4. The van der Waals surface area contributed by atoms with Crippen LogP contribution in [0.4, 0.5) is 0 Å². The lowest BCUT2D eigenvalue weighted by molar-refractivity contribution is 0.0658. The van der Waals surface area contributed by atoms with Gasteiger partial charge in [0, 0.05) is 25.1 Å². The summed E-state index contributed by atoms with van der Waals surface area (Å²) >= 11 is 0. The van der Waals surface area contributed by atoms with E-state index in [9.17, 15) is 9.59 Å². The quantitative estimate of drug-likeness (QED) is 0.748. The minimum atomic E-state index is -1.09. The van der Waals surface area contributed by atoms with Gasteiger partial charge in [-0.25, -0.2) is 9.78 Å². The van der Waals surface area contributed by atoms with E-state index in [4.69, 9.17) is 9.52 Å². The zero-order valence-electron chi connectivity index (χ0n) is 13.9. The number of carboxylic acids is 1. The summed E-state index contributed by atoms with van der Waals surface area (Å²) in [4.78, 5) is 33.0. The summed E-state index contributed by atoms with van der Waals surface area (Å²) in [6.45, 7) is 1.63. The van der Waals surface area contributed by atoms with E-state index >= 15 is 0 Å². The smallest absolute Gasteiger partial charge is 0.371 e. The van der Waals surface area contributed by atoms with Gasteiger partial charge in [0.15, 0.2) is 0 Å². The first kappa shape index (κ1) is 16.3. The molecule has 2 N–H and O–H groups in total. The van der Waals surface area contributed by atoms with E-state index in [0.717, 1.165) is 17.8 Å². The maximum absolute atomic E-state index is 12.5. The van der Waals surface area contributed by atoms with Crippen LogP contribution in [0, 0.1) is 0 Å². The molecule has 3 aromatic rings. The van der Waals surface area contributed by atoms with Gasteiger partial charge in [0.2, 0.25) is 5.76 Å². The molecule has 132 valence electrons. The Hall–Kier alpha value is -3.19. The van der Waals surface area contributed by atoms with Gasteiger partial charge in [-0.2, -0.15) is 0 Å². The summed E-state index contributed by atoms with van der Waals surface area (Å²) in [6, 6.07) is 12.7. The van der Waals surface area contributed by atoms with Crippen LogP contribution < -0.4 is 5.56 Å². The van der Waals surface area contributed by atoms with Crippen LogP contribution in [0.2, 0.25) is 0 Å². The number of nitrogens with zero attached hydrogens (tertiary/aromatic N) is 2. The molecule has 3 heterocycles. The molecular formula is C19H17N3O4. The third kappa shape index (κ3) is 3.16. The van der Waals surface area contributed by atoms with E-state index in [2.05, 4.69) is 9.97 Å². The van der Waals surface area contributed by atoms with Crippen LogP contribution in [0.3, 0.4) is 0 Å². The Labute approximate surface area is 148 Å². The molecule has 0 unspecified atom stereocenters. The molecule has 7 heteroatoms. The molecule has 2 aromatic heterocycles. The fourth-order valence-corrected chi connectivity index (χ4v) is 3.15. The van der Waals surface area contributed by atoms with Gasteiger partial charge in [-0.1, -0.05) is 30.3 Å². The van der Waals surface area contributed by atoms with Crippen molar-refractivity contribution in [3.8, 4) is 11.4 Å².